The van der Waals surface area contributed by atoms with Gasteiger partial charge in [-0.1, -0.05) is 35.9 Å². The van der Waals surface area contributed by atoms with Crippen molar-refractivity contribution in [2.45, 2.75) is 17.9 Å². The summed E-state index contributed by atoms with van der Waals surface area (Å²) in [6, 6.07) is 12.5. The van der Waals surface area contributed by atoms with E-state index in [0.717, 1.165) is 11.1 Å². The van der Waals surface area contributed by atoms with Crippen molar-refractivity contribution >= 4 is 23.4 Å². The van der Waals surface area contributed by atoms with Crippen LogP contribution in [-0.2, 0) is 0 Å². The molecule has 0 aliphatic carbocycles. The lowest BCUT2D eigenvalue weighted by atomic mass is 10.1. The first kappa shape index (κ1) is 15.3. The van der Waals surface area contributed by atoms with Crippen LogP contribution in [0.25, 0.3) is 0 Å². The zero-order valence-corrected chi connectivity index (χ0v) is 12.6. The smallest absolute Gasteiger partial charge is 0.136 e. The molecule has 2 aromatic carbocycles. The summed E-state index contributed by atoms with van der Waals surface area (Å²) in [5.74, 6) is 6.00. The second-order valence-electron chi connectivity index (χ2n) is 4.47. The third-order valence-electron chi connectivity index (χ3n) is 3.04. The number of halogens is 2. The van der Waals surface area contributed by atoms with Crippen LogP contribution >= 0.6 is 23.4 Å². The fourth-order valence-corrected chi connectivity index (χ4v) is 3.01. The molecule has 0 heterocycles. The number of thioether (sulfide) groups is 1. The maximum Gasteiger partial charge on any atom is 0.136 e. The van der Waals surface area contributed by atoms with E-state index in [4.69, 9.17) is 17.4 Å². The van der Waals surface area contributed by atoms with Gasteiger partial charge in [-0.25, -0.2) is 4.39 Å². The van der Waals surface area contributed by atoms with Gasteiger partial charge in [-0.3, -0.25) is 11.3 Å². The molecule has 2 nitrogen and oxygen atoms in total. The number of hydrogen-bond acceptors (Lipinski definition) is 3. The van der Waals surface area contributed by atoms with Gasteiger partial charge in [0.15, 0.2) is 0 Å². The van der Waals surface area contributed by atoms with Gasteiger partial charge in [0.05, 0.1) is 6.04 Å². The molecule has 0 bridgehead atoms. The minimum Gasteiger partial charge on any atom is -0.271 e. The molecule has 0 amide bonds. The van der Waals surface area contributed by atoms with E-state index in [1.165, 1.54) is 17.8 Å². The van der Waals surface area contributed by atoms with Crippen molar-refractivity contribution in [3.8, 4) is 0 Å². The first-order valence-corrected chi connectivity index (χ1v) is 7.57. The van der Waals surface area contributed by atoms with Crippen LogP contribution in [0.5, 0.6) is 0 Å². The molecule has 0 aliphatic rings. The summed E-state index contributed by atoms with van der Waals surface area (Å²) in [7, 11) is 0. The molecule has 2 rings (SSSR count). The Morgan fingerprint density at radius 2 is 2.05 bits per heavy atom. The lowest BCUT2D eigenvalue weighted by Crippen LogP contribution is -2.29. The van der Waals surface area contributed by atoms with Gasteiger partial charge in [0, 0.05) is 15.7 Å². The highest BCUT2D eigenvalue weighted by Crippen LogP contribution is 2.28. The van der Waals surface area contributed by atoms with E-state index in [-0.39, 0.29) is 11.9 Å². The summed E-state index contributed by atoms with van der Waals surface area (Å²) in [4.78, 5) is 0.617. The maximum atomic E-state index is 13.6. The highest BCUT2D eigenvalue weighted by atomic mass is 35.5. The van der Waals surface area contributed by atoms with Crippen LogP contribution in [0.4, 0.5) is 4.39 Å². The Kier molecular flexibility index (Phi) is 5.43. The van der Waals surface area contributed by atoms with E-state index in [1.807, 2.05) is 31.2 Å². The highest BCUT2D eigenvalue weighted by Gasteiger charge is 2.12. The molecular weight excluding hydrogens is 295 g/mol. The van der Waals surface area contributed by atoms with E-state index < -0.39 is 0 Å². The molecule has 2 aromatic rings. The number of nitrogens with one attached hydrogen (secondary N) is 1. The average Bonchev–Trinajstić information content (AvgIpc) is 2.45. The molecule has 0 spiro atoms. The normalized spacial score (nSPS) is 12.4. The van der Waals surface area contributed by atoms with Gasteiger partial charge < -0.3 is 0 Å². The Morgan fingerprint density at radius 3 is 2.70 bits per heavy atom. The summed E-state index contributed by atoms with van der Waals surface area (Å²) in [6.45, 7) is 1.95. The van der Waals surface area contributed by atoms with Crippen LogP contribution in [0.15, 0.2) is 47.4 Å². The van der Waals surface area contributed by atoms with Crippen LogP contribution in [0.1, 0.15) is 17.2 Å². The number of hydrazine groups is 1. The Hall–Kier alpha value is -1.07. The number of hydrogen-bond donors (Lipinski definition) is 2. The second-order valence-corrected chi connectivity index (χ2v) is 5.94. The minimum absolute atomic E-state index is 0.0855. The Bertz CT molecular complexity index is 592. The Labute approximate surface area is 127 Å². The van der Waals surface area contributed by atoms with E-state index >= 15 is 0 Å². The predicted molar refractivity (Wildman–Crippen MR) is 83.4 cm³/mol. The van der Waals surface area contributed by atoms with Crippen molar-refractivity contribution < 1.29 is 4.39 Å². The average molecular weight is 311 g/mol. The number of rotatable bonds is 5. The molecule has 0 saturated carbocycles. The molecule has 5 heteroatoms. The quantitative estimate of drug-likeness (QED) is 0.496. The number of aryl methyl sites for hydroxylation is 1. The van der Waals surface area contributed by atoms with Crippen molar-refractivity contribution in [3.05, 3.63) is 64.4 Å². The molecule has 0 aliphatic heterocycles. The van der Waals surface area contributed by atoms with E-state index in [2.05, 4.69) is 5.43 Å². The maximum absolute atomic E-state index is 13.6. The van der Waals surface area contributed by atoms with Crippen molar-refractivity contribution in [1.82, 2.24) is 5.43 Å². The number of benzene rings is 2. The lowest BCUT2D eigenvalue weighted by Gasteiger charge is -2.17. The van der Waals surface area contributed by atoms with Crippen molar-refractivity contribution in [3.63, 3.8) is 0 Å². The van der Waals surface area contributed by atoms with Gasteiger partial charge in [-0.15, -0.1) is 11.8 Å². The molecule has 20 heavy (non-hydrogen) atoms. The summed E-state index contributed by atoms with van der Waals surface area (Å²) in [6.07, 6.45) is 0. The molecule has 0 fully saturated rings. The molecule has 1 atom stereocenters. The van der Waals surface area contributed by atoms with Gasteiger partial charge in [0.2, 0.25) is 0 Å². The molecular formula is C15H16ClFN2S. The van der Waals surface area contributed by atoms with Crippen molar-refractivity contribution in [2.75, 3.05) is 5.75 Å². The van der Waals surface area contributed by atoms with Crippen LogP contribution in [0.2, 0.25) is 5.02 Å². The van der Waals surface area contributed by atoms with Gasteiger partial charge in [0.25, 0.3) is 0 Å². The Balaban J connectivity index is 2.09. The zero-order valence-electron chi connectivity index (χ0n) is 11.1. The first-order valence-electron chi connectivity index (χ1n) is 6.21. The van der Waals surface area contributed by atoms with Crippen LogP contribution in [-0.4, -0.2) is 5.75 Å². The fourth-order valence-electron chi connectivity index (χ4n) is 1.80. The largest absolute Gasteiger partial charge is 0.271 e. The first-order chi connectivity index (χ1) is 9.61. The lowest BCUT2D eigenvalue weighted by molar-refractivity contribution is 0.596. The molecule has 0 aromatic heterocycles. The van der Waals surface area contributed by atoms with E-state index in [9.17, 15) is 4.39 Å². The molecule has 0 saturated heterocycles. The second kappa shape index (κ2) is 7.09. The van der Waals surface area contributed by atoms with Crippen molar-refractivity contribution in [2.24, 2.45) is 5.84 Å². The third-order valence-corrected chi connectivity index (χ3v) is 4.59. The van der Waals surface area contributed by atoms with Crippen LogP contribution in [0.3, 0.4) is 0 Å². The third kappa shape index (κ3) is 3.73. The summed E-state index contributed by atoms with van der Waals surface area (Å²) in [5.41, 5.74) is 4.77. The fraction of sp³-hybridized carbons (Fsp3) is 0.200. The zero-order chi connectivity index (χ0) is 14.5. The highest BCUT2D eigenvalue weighted by molar-refractivity contribution is 7.99. The van der Waals surface area contributed by atoms with E-state index in [0.29, 0.717) is 15.7 Å². The van der Waals surface area contributed by atoms with Gasteiger partial charge in [-0.05, 0) is 36.2 Å². The van der Waals surface area contributed by atoms with E-state index in [1.54, 1.807) is 12.1 Å². The SMILES string of the molecule is Cc1ccc(C(CSc2ccccc2F)NN)cc1Cl. The predicted octanol–water partition coefficient (Wildman–Crippen LogP) is 4.08. The van der Waals surface area contributed by atoms with Crippen LogP contribution in [0, 0.1) is 12.7 Å². The summed E-state index contributed by atoms with van der Waals surface area (Å²) in [5, 5.41) is 0.707. The molecule has 1 unspecified atom stereocenters. The standard InChI is InChI=1S/C15H16ClFN2S/c1-10-6-7-11(8-12(10)16)14(19-18)9-20-15-5-3-2-4-13(15)17/h2-8,14,19H,9,18H2,1H3. The summed E-state index contributed by atoms with van der Waals surface area (Å²) >= 11 is 7.55. The van der Waals surface area contributed by atoms with Gasteiger partial charge >= 0.3 is 0 Å². The van der Waals surface area contributed by atoms with Gasteiger partial charge in [0.1, 0.15) is 5.82 Å². The molecule has 106 valence electrons. The Morgan fingerprint density at radius 1 is 1.30 bits per heavy atom. The monoisotopic (exact) mass is 310 g/mol. The minimum atomic E-state index is -0.213. The molecule has 0 radical (unpaired) electrons. The summed E-state index contributed by atoms with van der Waals surface area (Å²) < 4.78 is 13.6. The topological polar surface area (TPSA) is 38.0 Å². The van der Waals surface area contributed by atoms with Gasteiger partial charge in [-0.2, -0.15) is 0 Å². The number of nitrogens with two attached hydrogens (primary N) is 1. The molecule has 3 N–H and O–H groups in total. The van der Waals surface area contributed by atoms with Crippen LogP contribution < -0.4 is 11.3 Å². The van der Waals surface area contributed by atoms with Crippen molar-refractivity contribution in [1.29, 1.82) is 0 Å².